The van der Waals surface area contributed by atoms with Gasteiger partial charge in [-0.1, -0.05) is 32.9 Å². The Balaban J connectivity index is 0.00000300. The maximum absolute atomic E-state index is 12.8. The molecule has 3 rings (SSSR count). The smallest absolute Gasteiger partial charge is 0.433 e. The van der Waals surface area contributed by atoms with Crippen LogP contribution in [0.25, 0.3) is 11.1 Å². The highest BCUT2D eigenvalue weighted by Gasteiger charge is 2.32. The van der Waals surface area contributed by atoms with Crippen molar-refractivity contribution in [1.29, 1.82) is 0 Å². The van der Waals surface area contributed by atoms with Gasteiger partial charge in [0.05, 0.1) is 12.7 Å². The number of aromatic nitrogens is 1. The summed E-state index contributed by atoms with van der Waals surface area (Å²) in [6.07, 6.45) is -2.88. The summed E-state index contributed by atoms with van der Waals surface area (Å²) in [4.78, 5) is 3.53. The molecule has 0 spiro atoms. The molecule has 8 heteroatoms. The van der Waals surface area contributed by atoms with Crippen molar-refractivity contribution < 1.29 is 23.0 Å². The van der Waals surface area contributed by atoms with Crippen LogP contribution in [0.3, 0.4) is 0 Å². The number of rotatable bonds is 3. The van der Waals surface area contributed by atoms with Gasteiger partial charge in [-0.2, -0.15) is 13.2 Å². The minimum Gasteiger partial charge on any atom is -0.507 e. The van der Waals surface area contributed by atoms with E-state index in [0.29, 0.717) is 30.7 Å². The Morgan fingerprint density at radius 2 is 1.93 bits per heavy atom. The van der Waals surface area contributed by atoms with Crippen molar-refractivity contribution in [3.8, 4) is 16.9 Å². The van der Waals surface area contributed by atoms with Gasteiger partial charge < -0.3 is 15.2 Å². The van der Waals surface area contributed by atoms with Gasteiger partial charge in [0.15, 0.2) is 0 Å². The second-order valence-corrected chi connectivity index (χ2v) is 8.11. The molecule has 2 aromatic rings. The molecule has 1 unspecified atom stereocenters. The average molecular weight is 431 g/mol. The van der Waals surface area contributed by atoms with E-state index in [1.165, 1.54) is 6.07 Å². The van der Waals surface area contributed by atoms with Crippen molar-refractivity contribution in [1.82, 2.24) is 10.3 Å². The lowest BCUT2D eigenvalue weighted by atomic mass is 9.83. The molecule has 1 aliphatic rings. The molecule has 0 saturated carbocycles. The minimum absolute atomic E-state index is 0. The lowest BCUT2D eigenvalue weighted by Gasteiger charge is -2.26. The molecule has 1 fully saturated rings. The predicted octanol–water partition coefficient (Wildman–Crippen LogP) is 4.72. The number of phenols is 1. The normalized spacial score (nSPS) is 17.7. The Bertz CT molecular complexity index is 828. The lowest BCUT2D eigenvalue weighted by Crippen LogP contribution is -2.39. The largest absolute Gasteiger partial charge is 0.507 e. The zero-order chi connectivity index (χ0) is 20.5. The molecule has 1 aromatic carbocycles. The fourth-order valence-corrected chi connectivity index (χ4v) is 3.22. The second kappa shape index (κ2) is 8.90. The molecule has 0 amide bonds. The molecular weight excluding hydrogens is 405 g/mol. The molecule has 0 bridgehead atoms. The van der Waals surface area contributed by atoms with Crippen molar-refractivity contribution >= 4 is 12.4 Å². The van der Waals surface area contributed by atoms with Gasteiger partial charge in [0, 0.05) is 36.8 Å². The van der Waals surface area contributed by atoms with Gasteiger partial charge in [0.1, 0.15) is 11.4 Å². The summed E-state index contributed by atoms with van der Waals surface area (Å²) in [6, 6.07) is 6.06. The summed E-state index contributed by atoms with van der Waals surface area (Å²) in [6.45, 7) is 8.26. The van der Waals surface area contributed by atoms with E-state index < -0.39 is 11.9 Å². The number of pyridine rings is 1. The Morgan fingerprint density at radius 3 is 2.45 bits per heavy atom. The molecule has 4 nitrogen and oxygen atoms in total. The van der Waals surface area contributed by atoms with Gasteiger partial charge >= 0.3 is 6.18 Å². The second-order valence-electron chi connectivity index (χ2n) is 8.11. The molecule has 0 aliphatic carbocycles. The molecule has 1 aliphatic heterocycles. The number of benzene rings is 1. The third kappa shape index (κ3) is 5.62. The van der Waals surface area contributed by atoms with E-state index in [1.807, 2.05) is 12.1 Å². The first kappa shape index (κ1) is 23.4. The monoisotopic (exact) mass is 430 g/mol. The molecule has 1 atom stereocenters. The fraction of sp³-hybridized carbons (Fsp3) is 0.476. The maximum Gasteiger partial charge on any atom is 0.433 e. The van der Waals surface area contributed by atoms with Gasteiger partial charge in [-0.05, 0) is 28.7 Å². The standard InChI is InChI=1S/C21H25F3N2O2.ClH/c1-20(2,3)15-8-14(9-16-12-25-6-7-28-16)19(27)17(10-15)13-4-5-18(26-11-13)21(22,23)24;/h4-5,8,10-11,16,25,27H,6-7,9,12H2,1-3H3;1H. The van der Waals surface area contributed by atoms with Gasteiger partial charge in [0.25, 0.3) is 0 Å². The number of ether oxygens (including phenoxy) is 1. The summed E-state index contributed by atoms with van der Waals surface area (Å²) < 4.78 is 44.2. The zero-order valence-electron chi connectivity index (χ0n) is 16.6. The van der Waals surface area contributed by atoms with Crippen molar-refractivity contribution in [3.63, 3.8) is 0 Å². The minimum atomic E-state index is -4.50. The number of nitrogens with one attached hydrogen (secondary N) is 1. The number of phenolic OH excluding ortho intramolecular Hbond substituents is 1. The van der Waals surface area contributed by atoms with E-state index in [9.17, 15) is 18.3 Å². The summed E-state index contributed by atoms with van der Waals surface area (Å²) in [5, 5.41) is 14.1. The zero-order valence-corrected chi connectivity index (χ0v) is 17.5. The van der Waals surface area contributed by atoms with Crippen LogP contribution < -0.4 is 5.32 Å². The number of hydrogen-bond donors (Lipinski definition) is 2. The van der Waals surface area contributed by atoms with Crippen LogP contribution in [0.1, 0.15) is 37.6 Å². The van der Waals surface area contributed by atoms with E-state index in [4.69, 9.17) is 4.74 Å². The van der Waals surface area contributed by atoms with Gasteiger partial charge in [0.2, 0.25) is 0 Å². The molecule has 2 heterocycles. The van der Waals surface area contributed by atoms with Crippen molar-refractivity contribution in [3.05, 3.63) is 47.3 Å². The first-order chi connectivity index (χ1) is 13.1. The Hall–Kier alpha value is -1.83. The quantitative estimate of drug-likeness (QED) is 0.739. The molecule has 160 valence electrons. The first-order valence-corrected chi connectivity index (χ1v) is 9.28. The van der Waals surface area contributed by atoms with Crippen molar-refractivity contribution in [2.45, 2.75) is 44.9 Å². The Morgan fingerprint density at radius 1 is 1.21 bits per heavy atom. The summed E-state index contributed by atoms with van der Waals surface area (Å²) >= 11 is 0. The number of aromatic hydroxyl groups is 1. The van der Waals surface area contributed by atoms with E-state index in [0.717, 1.165) is 29.9 Å². The molecule has 1 saturated heterocycles. The Kier molecular flexibility index (Phi) is 7.19. The molecular formula is C21H26ClF3N2O2. The summed E-state index contributed by atoms with van der Waals surface area (Å²) in [5.74, 6) is 0.0590. The van der Waals surface area contributed by atoms with Gasteiger partial charge in [-0.25, -0.2) is 0 Å². The number of halogens is 4. The van der Waals surface area contributed by atoms with Crippen LogP contribution in [0, 0.1) is 0 Å². The van der Waals surface area contributed by atoms with E-state index in [2.05, 4.69) is 31.1 Å². The number of nitrogens with zero attached hydrogens (tertiary/aromatic N) is 1. The number of morpholine rings is 1. The molecule has 1 aromatic heterocycles. The highest BCUT2D eigenvalue weighted by molar-refractivity contribution is 5.85. The highest BCUT2D eigenvalue weighted by atomic mass is 35.5. The molecule has 2 N–H and O–H groups in total. The fourth-order valence-electron chi connectivity index (χ4n) is 3.22. The van der Waals surface area contributed by atoms with Crippen LogP contribution in [0.15, 0.2) is 30.5 Å². The molecule has 0 radical (unpaired) electrons. The van der Waals surface area contributed by atoms with E-state index in [1.54, 1.807) is 0 Å². The van der Waals surface area contributed by atoms with Crippen LogP contribution in [0.5, 0.6) is 5.75 Å². The highest BCUT2D eigenvalue weighted by Crippen LogP contribution is 2.38. The van der Waals surface area contributed by atoms with Crippen molar-refractivity contribution in [2.75, 3.05) is 19.7 Å². The lowest BCUT2D eigenvalue weighted by molar-refractivity contribution is -0.141. The third-order valence-electron chi connectivity index (χ3n) is 4.87. The van der Waals surface area contributed by atoms with Crippen LogP contribution in [-0.4, -0.2) is 35.9 Å². The van der Waals surface area contributed by atoms with E-state index >= 15 is 0 Å². The number of hydrogen-bond acceptors (Lipinski definition) is 4. The van der Waals surface area contributed by atoms with Crippen LogP contribution in [-0.2, 0) is 22.7 Å². The molecule has 29 heavy (non-hydrogen) atoms. The average Bonchev–Trinajstić information content (AvgIpc) is 2.63. The van der Waals surface area contributed by atoms with E-state index in [-0.39, 0.29) is 29.7 Å². The topological polar surface area (TPSA) is 54.4 Å². The van der Waals surface area contributed by atoms with Crippen LogP contribution in [0.4, 0.5) is 13.2 Å². The predicted molar refractivity (Wildman–Crippen MR) is 109 cm³/mol. The summed E-state index contributed by atoms with van der Waals surface area (Å²) in [5.41, 5.74) is 1.48. The van der Waals surface area contributed by atoms with Gasteiger partial charge in [-0.15, -0.1) is 12.4 Å². The van der Waals surface area contributed by atoms with Crippen molar-refractivity contribution in [2.24, 2.45) is 0 Å². The van der Waals surface area contributed by atoms with Gasteiger partial charge in [-0.3, -0.25) is 4.98 Å². The third-order valence-corrected chi connectivity index (χ3v) is 4.87. The maximum atomic E-state index is 12.8. The Labute approximate surface area is 174 Å². The SMILES string of the molecule is CC(C)(C)c1cc(CC2CNCCO2)c(O)c(-c2ccc(C(F)(F)F)nc2)c1.Cl. The number of alkyl halides is 3. The van der Waals surface area contributed by atoms with Crippen LogP contribution >= 0.6 is 12.4 Å². The summed E-state index contributed by atoms with van der Waals surface area (Å²) in [7, 11) is 0. The first-order valence-electron chi connectivity index (χ1n) is 9.28. The van der Waals surface area contributed by atoms with Crippen LogP contribution in [0.2, 0.25) is 0 Å².